The molecule has 0 saturated carbocycles. The van der Waals surface area contributed by atoms with Gasteiger partial charge in [0.2, 0.25) is 0 Å². The van der Waals surface area contributed by atoms with Crippen LogP contribution in [0.5, 0.6) is 11.5 Å². The molecule has 2 amide bonds. The van der Waals surface area contributed by atoms with Gasteiger partial charge in [-0.3, -0.25) is 9.59 Å². The Morgan fingerprint density at radius 2 is 1.79 bits per heavy atom. The molecule has 2 heterocycles. The molecule has 1 unspecified atom stereocenters. The van der Waals surface area contributed by atoms with Crippen molar-refractivity contribution in [2.24, 2.45) is 5.92 Å². The van der Waals surface area contributed by atoms with E-state index >= 15 is 0 Å². The molecule has 4 rings (SSSR count). The monoisotopic (exact) mass is 450 g/mol. The van der Waals surface area contributed by atoms with Crippen LogP contribution in [0.1, 0.15) is 32.3 Å². The van der Waals surface area contributed by atoms with Gasteiger partial charge in [0.25, 0.3) is 11.8 Å². The number of methoxy groups -OCH3 is 1. The lowest BCUT2D eigenvalue weighted by atomic mass is 9.97. The van der Waals surface area contributed by atoms with Crippen LogP contribution in [0.15, 0.2) is 54.2 Å². The maximum absolute atomic E-state index is 13.8. The first-order valence-electron chi connectivity index (χ1n) is 11.3. The van der Waals surface area contributed by atoms with Crippen LogP contribution in [0, 0.1) is 5.92 Å². The number of para-hydroxylation sites is 2. The molecule has 0 radical (unpaired) electrons. The molecule has 33 heavy (non-hydrogen) atoms. The summed E-state index contributed by atoms with van der Waals surface area (Å²) >= 11 is 0. The molecule has 174 valence electrons. The summed E-state index contributed by atoms with van der Waals surface area (Å²) in [7, 11) is 1.58. The van der Waals surface area contributed by atoms with E-state index in [2.05, 4.69) is 0 Å². The quantitative estimate of drug-likeness (QED) is 0.651. The van der Waals surface area contributed by atoms with Gasteiger partial charge in [-0.2, -0.15) is 0 Å². The number of benzene rings is 2. The Labute approximate surface area is 194 Å². The Bertz CT molecular complexity index is 1060. The van der Waals surface area contributed by atoms with E-state index in [1.165, 1.54) is 4.90 Å². The molecule has 1 N–H and O–H groups in total. The first kappa shape index (κ1) is 22.9. The van der Waals surface area contributed by atoms with Crippen LogP contribution < -0.4 is 14.4 Å². The van der Waals surface area contributed by atoms with Crippen molar-refractivity contribution < 1.29 is 24.2 Å². The number of carbonyl (C=O) groups is 2. The number of anilines is 1. The summed E-state index contributed by atoms with van der Waals surface area (Å²) in [6.45, 7) is 5.04. The summed E-state index contributed by atoms with van der Waals surface area (Å²) < 4.78 is 11.2. The predicted molar refractivity (Wildman–Crippen MR) is 126 cm³/mol. The Kier molecular flexibility index (Phi) is 6.70. The second-order valence-corrected chi connectivity index (χ2v) is 8.67. The fourth-order valence-corrected chi connectivity index (χ4v) is 4.46. The maximum Gasteiger partial charge on any atom is 0.282 e. The zero-order chi connectivity index (χ0) is 23.5. The lowest BCUT2D eigenvalue weighted by molar-refractivity contribution is -0.121. The van der Waals surface area contributed by atoms with Gasteiger partial charge in [-0.1, -0.05) is 24.3 Å². The number of rotatable bonds is 7. The van der Waals surface area contributed by atoms with Crippen LogP contribution in [0.25, 0.3) is 5.57 Å². The number of piperidine rings is 1. The summed E-state index contributed by atoms with van der Waals surface area (Å²) in [6, 6.07) is 14.3. The van der Waals surface area contributed by atoms with E-state index in [9.17, 15) is 14.7 Å². The summed E-state index contributed by atoms with van der Waals surface area (Å²) in [5.41, 5.74) is 1.82. The summed E-state index contributed by atoms with van der Waals surface area (Å²) in [4.78, 5) is 30.8. The number of aliphatic hydroxyl groups is 1. The topological polar surface area (TPSA) is 79.3 Å². The molecule has 2 aliphatic rings. The van der Waals surface area contributed by atoms with Crippen molar-refractivity contribution in [3.63, 3.8) is 0 Å². The number of nitrogens with zero attached hydrogens (tertiary/aromatic N) is 2. The Balaban J connectivity index is 1.81. The molecule has 0 aliphatic carbocycles. The lowest BCUT2D eigenvalue weighted by Gasteiger charge is -2.34. The minimum Gasteiger partial charge on any atom is -0.497 e. The maximum atomic E-state index is 13.8. The Hall–Kier alpha value is -3.32. The number of aliphatic hydroxyl groups excluding tert-OH is 1. The first-order chi connectivity index (χ1) is 15.9. The smallest absolute Gasteiger partial charge is 0.282 e. The Morgan fingerprint density at radius 3 is 2.45 bits per heavy atom. The highest BCUT2D eigenvalue weighted by Gasteiger charge is 2.44. The third kappa shape index (κ3) is 4.46. The average molecular weight is 451 g/mol. The normalized spacial score (nSPS) is 19.0. The largest absolute Gasteiger partial charge is 0.497 e. The van der Waals surface area contributed by atoms with Crippen LogP contribution in [0.3, 0.4) is 0 Å². The van der Waals surface area contributed by atoms with Gasteiger partial charge in [-0.15, -0.1) is 0 Å². The standard InChI is InChI=1S/C26H30N2O5/c1-17(2)33-22-9-5-4-8-21(22)28-25(30)23(19-10-12-20(32-3)13-11-19)24(26(28)31)27-14-6-7-18(15-27)16-29/h4-5,8-13,17-18,29H,6-7,14-16H2,1-3H3. The molecule has 7 nitrogen and oxygen atoms in total. The van der Waals surface area contributed by atoms with E-state index in [1.807, 2.05) is 24.8 Å². The van der Waals surface area contributed by atoms with E-state index in [0.29, 0.717) is 47.1 Å². The van der Waals surface area contributed by atoms with Crippen molar-refractivity contribution in [2.45, 2.75) is 32.8 Å². The van der Waals surface area contributed by atoms with Crippen LogP contribution in [-0.2, 0) is 9.59 Å². The molecule has 0 aromatic heterocycles. The first-order valence-corrected chi connectivity index (χ1v) is 11.3. The average Bonchev–Trinajstić information content (AvgIpc) is 3.09. The van der Waals surface area contributed by atoms with E-state index < -0.39 is 0 Å². The molecular formula is C26H30N2O5. The summed E-state index contributed by atoms with van der Waals surface area (Å²) in [5.74, 6) is 0.465. The SMILES string of the molecule is COc1ccc(C2=C(N3CCCC(CO)C3)C(=O)N(c3ccccc3OC(C)C)C2=O)cc1. The zero-order valence-corrected chi connectivity index (χ0v) is 19.3. The minimum atomic E-state index is -0.383. The number of carbonyl (C=O) groups excluding carboxylic acids is 2. The fraction of sp³-hybridized carbons (Fsp3) is 0.385. The van der Waals surface area contributed by atoms with Gasteiger partial charge >= 0.3 is 0 Å². The van der Waals surface area contributed by atoms with Gasteiger partial charge < -0.3 is 19.5 Å². The molecule has 2 aromatic rings. The third-order valence-electron chi connectivity index (χ3n) is 6.00. The third-order valence-corrected chi connectivity index (χ3v) is 6.00. The molecule has 7 heteroatoms. The molecule has 1 atom stereocenters. The van der Waals surface area contributed by atoms with Gasteiger partial charge in [0.15, 0.2) is 0 Å². The molecule has 2 aromatic carbocycles. The second kappa shape index (κ2) is 9.67. The van der Waals surface area contributed by atoms with Gasteiger partial charge in [0.05, 0.1) is 24.5 Å². The Morgan fingerprint density at radius 1 is 1.06 bits per heavy atom. The van der Waals surface area contributed by atoms with E-state index in [4.69, 9.17) is 9.47 Å². The summed E-state index contributed by atoms with van der Waals surface area (Å²) in [5, 5.41) is 9.72. The second-order valence-electron chi connectivity index (χ2n) is 8.67. The van der Waals surface area contributed by atoms with Crippen molar-refractivity contribution in [3.8, 4) is 11.5 Å². The van der Waals surface area contributed by atoms with Crippen LogP contribution in [0.2, 0.25) is 0 Å². The van der Waals surface area contributed by atoms with Crippen molar-refractivity contribution in [3.05, 3.63) is 59.8 Å². The zero-order valence-electron chi connectivity index (χ0n) is 19.3. The lowest BCUT2D eigenvalue weighted by Crippen LogP contribution is -2.40. The number of hydrogen-bond donors (Lipinski definition) is 1. The van der Waals surface area contributed by atoms with Crippen molar-refractivity contribution in [1.29, 1.82) is 0 Å². The highest BCUT2D eigenvalue weighted by Crippen LogP contribution is 2.40. The molecule has 1 saturated heterocycles. The van der Waals surface area contributed by atoms with Crippen molar-refractivity contribution >= 4 is 23.1 Å². The highest BCUT2D eigenvalue weighted by atomic mass is 16.5. The number of imide groups is 1. The van der Waals surface area contributed by atoms with Crippen LogP contribution in [0.4, 0.5) is 5.69 Å². The van der Waals surface area contributed by atoms with Gasteiger partial charge in [-0.25, -0.2) is 4.90 Å². The van der Waals surface area contributed by atoms with Crippen molar-refractivity contribution in [2.75, 3.05) is 31.7 Å². The van der Waals surface area contributed by atoms with Gasteiger partial charge in [0, 0.05) is 19.7 Å². The van der Waals surface area contributed by atoms with Crippen LogP contribution in [-0.4, -0.2) is 54.7 Å². The minimum absolute atomic E-state index is 0.0541. The highest BCUT2D eigenvalue weighted by molar-refractivity contribution is 6.45. The van der Waals surface area contributed by atoms with E-state index in [1.54, 1.807) is 49.6 Å². The molecular weight excluding hydrogens is 420 g/mol. The number of hydrogen-bond acceptors (Lipinski definition) is 6. The number of amides is 2. The summed E-state index contributed by atoms with van der Waals surface area (Å²) in [6.07, 6.45) is 1.63. The van der Waals surface area contributed by atoms with E-state index in [-0.39, 0.29) is 30.4 Å². The molecule has 2 aliphatic heterocycles. The number of likely N-dealkylation sites (tertiary alicyclic amines) is 1. The van der Waals surface area contributed by atoms with Gasteiger partial charge in [-0.05, 0) is 62.4 Å². The molecule has 1 fully saturated rings. The molecule has 0 spiro atoms. The van der Waals surface area contributed by atoms with Crippen molar-refractivity contribution in [1.82, 2.24) is 4.90 Å². The van der Waals surface area contributed by atoms with Crippen LogP contribution >= 0.6 is 0 Å². The predicted octanol–water partition coefficient (Wildman–Crippen LogP) is 3.47. The van der Waals surface area contributed by atoms with E-state index in [0.717, 1.165) is 12.8 Å². The molecule has 0 bridgehead atoms. The fourth-order valence-electron chi connectivity index (χ4n) is 4.46. The van der Waals surface area contributed by atoms with Gasteiger partial charge in [0.1, 0.15) is 17.2 Å². The number of ether oxygens (including phenoxy) is 2.